The van der Waals surface area contributed by atoms with Gasteiger partial charge in [-0.3, -0.25) is 4.79 Å². The number of thiazole rings is 1. The molecule has 9 heteroatoms. The molecule has 0 aliphatic carbocycles. The van der Waals surface area contributed by atoms with Crippen LogP contribution in [-0.4, -0.2) is 54.6 Å². The van der Waals surface area contributed by atoms with Crippen LogP contribution in [-0.2, 0) is 0 Å². The Hall–Kier alpha value is -2.26. The van der Waals surface area contributed by atoms with E-state index in [4.69, 9.17) is 5.73 Å². The normalized spacial score (nSPS) is 19.8. The highest BCUT2D eigenvalue weighted by Crippen LogP contribution is 2.39. The zero-order valence-electron chi connectivity index (χ0n) is 16.6. The lowest BCUT2D eigenvalue weighted by molar-refractivity contribution is 0.0787. The summed E-state index contributed by atoms with van der Waals surface area (Å²) in [6.07, 6.45) is 1.93. The van der Waals surface area contributed by atoms with Gasteiger partial charge in [0.05, 0.1) is 16.9 Å². The Morgan fingerprint density at radius 3 is 2.72 bits per heavy atom. The van der Waals surface area contributed by atoms with Crippen molar-refractivity contribution in [2.24, 2.45) is 0 Å². The molecule has 1 amide bonds. The molecule has 0 radical (unpaired) electrons. The van der Waals surface area contributed by atoms with Gasteiger partial charge in [0.1, 0.15) is 16.5 Å². The number of nitrogens with one attached hydrogen (secondary N) is 1. The van der Waals surface area contributed by atoms with Crippen molar-refractivity contribution in [3.63, 3.8) is 0 Å². The topological polar surface area (TPSA) is 74.5 Å². The lowest BCUT2D eigenvalue weighted by Crippen LogP contribution is -2.49. The van der Waals surface area contributed by atoms with Gasteiger partial charge in [0.25, 0.3) is 5.91 Å². The second-order valence-electron chi connectivity index (χ2n) is 7.70. The molecule has 4 rings (SSSR count). The minimum atomic E-state index is -0.819. The first-order valence-electron chi connectivity index (χ1n) is 9.89. The van der Waals surface area contributed by atoms with Crippen LogP contribution in [0.15, 0.2) is 6.07 Å². The van der Waals surface area contributed by atoms with E-state index in [2.05, 4.69) is 10.3 Å². The Morgan fingerprint density at radius 1 is 1.31 bits per heavy atom. The van der Waals surface area contributed by atoms with Crippen LogP contribution in [0.3, 0.4) is 0 Å². The number of anilines is 2. The summed E-state index contributed by atoms with van der Waals surface area (Å²) in [4.78, 5) is 21.3. The molecule has 0 saturated carbocycles. The molecule has 6 nitrogen and oxygen atoms in total. The van der Waals surface area contributed by atoms with E-state index in [1.165, 1.54) is 6.07 Å². The van der Waals surface area contributed by atoms with Crippen LogP contribution < -0.4 is 16.0 Å². The van der Waals surface area contributed by atoms with Gasteiger partial charge in [-0.05, 0) is 26.7 Å². The largest absolute Gasteiger partial charge is 0.395 e. The van der Waals surface area contributed by atoms with Crippen LogP contribution in [0, 0.1) is 18.6 Å². The van der Waals surface area contributed by atoms with Crippen LogP contribution in [0.5, 0.6) is 0 Å². The zero-order chi connectivity index (χ0) is 20.7. The van der Waals surface area contributed by atoms with Crippen molar-refractivity contribution in [1.82, 2.24) is 15.2 Å². The number of carbonyl (C=O) groups is 1. The summed E-state index contributed by atoms with van der Waals surface area (Å²) < 4.78 is 30.2. The van der Waals surface area contributed by atoms with Gasteiger partial charge in [-0.2, -0.15) is 0 Å². The molecule has 1 atom stereocenters. The first-order chi connectivity index (χ1) is 13.9. The number of benzene rings is 1. The quantitative estimate of drug-likeness (QED) is 0.746. The summed E-state index contributed by atoms with van der Waals surface area (Å²) in [6.45, 7) is 7.11. The third-order valence-corrected chi connectivity index (χ3v) is 6.54. The maximum absolute atomic E-state index is 15.2. The van der Waals surface area contributed by atoms with Crippen molar-refractivity contribution in [2.45, 2.75) is 32.7 Å². The lowest BCUT2D eigenvalue weighted by Gasteiger charge is -2.34. The number of rotatable bonds is 3. The molecule has 3 heterocycles. The molecular formula is C20H25F2N5OS. The average molecular weight is 422 g/mol. The van der Waals surface area contributed by atoms with E-state index in [0.29, 0.717) is 36.7 Å². The molecule has 2 aliphatic heterocycles. The number of aryl methyl sites for hydroxylation is 1. The fourth-order valence-electron chi connectivity index (χ4n) is 4.00. The van der Waals surface area contributed by atoms with Crippen LogP contribution in [0.2, 0.25) is 0 Å². The number of aromatic nitrogens is 1. The molecule has 3 N–H and O–H groups in total. The van der Waals surface area contributed by atoms with Crippen LogP contribution in [0.4, 0.5) is 20.2 Å². The molecule has 1 aromatic heterocycles. The van der Waals surface area contributed by atoms with E-state index >= 15 is 8.78 Å². The SMILES string of the molecule is Cc1sc(-c2c(F)cc(N3CCN[C@@H](C)C3)c(N)c2F)nc1C(=O)N1CCCC1. The van der Waals surface area contributed by atoms with Gasteiger partial charge in [0, 0.05) is 49.7 Å². The lowest BCUT2D eigenvalue weighted by atomic mass is 10.1. The molecule has 2 aliphatic rings. The third-order valence-electron chi connectivity index (χ3n) is 5.55. The molecule has 0 spiro atoms. The van der Waals surface area contributed by atoms with Gasteiger partial charge in [-0.15, -0.1) is 11.3 Å². The number of hydrogen-bond acceptors (Lipinski definition) is 6. The van der Waals surface area contributed by atoms with E-state index in [0.717, 1.165) is 30.7 Å². The van der Waals surface area contributed by atoms with Crippen molar-refractivity contribution in [3.05, 3.63) is 28.3 Å². The molecule has 1 aromatic carbocycles. The standard InChI is InChI=1S/C20H25F2N5OS/c1-11-10-27(8-5-24-11)14-9-13(21)15(16(22)17(14)23)19-25-18(12(2)29-19)20(28)26-6-3-4-7-26/h9,11,24H,3-8,10,23H2,1-2H3/t11-/m0/s1. The van der Waals surface area contributed by atoms with Crippen molar-refractivity contribution >= 4 is 28.6 Å². The Balaban J connectivity index is 1.70. The first-order valence-corrected chi connectivity index (χ1v) is 10.7. The molecule has 0 unspecified atom stereocenters. The summed E-state index contributed by atoms with van der Waals surface area (Å²) in [5.41, 5.74) is 6.35. The molecule has 2 aromatic rings. The smallest absolute Gasteiger partial charge is 0.273 e. The minimum Gasteiger partial charge on any atom is -0.395 e. The van der Waals surface area contributed by atoms with E-state index in [1.54, 1.807) is 11.8 Å². The summed E-state index contributed by atoms with van der Waals surface area (Å²) in [6, 6.07) is 1.49. The number of hydrogen-bond donors (Lipinski definition) is 2. The zero-order valence-corrected chi connectivity index (χ0v) is 17.4. The number of nitrogens with zero attached hydrogens (tertiary/aromatic N) is 3. The van der Waals surface area contributed by atoms with Crippen molar-refractivity contribution < 1.29 is 13.6 Å². The second kappa shape index (κ2) is 7.87. The molecule has 2 fully saturated rings. The first kappa shape index (κ1) is 20.0. The van der Waals surface area contributed by atoms with Gasteiger partial charge in [-0.25, -0.2) is 13.8 Å². The molecule has 156 valence electrons. The van der Waals surface area contributed by atoms with E-state index in [1.807, 2.05) is 11.8 Å². The number of nitrogen functional groups attached to an aromatic ring is 1. The molecule has 2 saturated heterocycles. The third kappa shape index (κ3) is 3.69. The molecule has 0 bridgehead atoms. The van der Waals surface area contributed by atoms with Crippen LogP contribution in [0.1, 0.15) is 35.1 Å². The second-order valence-corrected chi connectivity index (χ2v) is 8.91. The van der Waals surface area contributed by atoms with Gasteiger partial charge in [0.2, 0.25) is 0 Å². The monoisotopic (exact) mass is 421 g/mol. The van der Waals surface area contributed by atoms with Crippen molar-refractivity contribution in [3.8, 4) is 10.6 Å². The highest BCUT2D eigenvalue weighted by atomic mass is 32.1. The minimum absolute atomic E-state index is 0.0872. The van der Waals surface area contributed by atoms with Crippen LogP contribution in [0.25, 0.3) is 10.6 Å². The number of halogens is 2. The fourth-order valence-corrected chi connectivity index (χ4v) is 4.95. The molecule has 29 heavy (non-hydrogen) atoms. The summed E-state index contributed by atoms with van der Waals surface area (Å²) in [5.74, 6) is -1.71. The predicted molar refractivity (Wildman–Crippen MR) is 111 cm³/mol. The predicted octanol–water partition coefficient (Wildman–Crippen LogP) is 3.01. The van der Waals surface area contributed by atoms with Gasteiger partial charge in [-0.1, -0.05) is 0 Å². The Labute approximate surface area is 172 Å². The Bertz CT molecular complexity index is 941. The Morgan fingerprint density at radius 2 is 2.03 bits per heavy atom. The fraction of sp³-hybridized carbons (Fsp3) is 0.500. The van der Waals surface area contributed by atoms with Crippen molar-refractivity contribution in [2.75, 3.05) is 43.4 Å². The number of likely N-dealkylation sites (tertiary alicyclic amines) is 1. The van der Waals surface area contributed by atoms with E-state index in [-0.39, 0.29) is 33.9 Å². The summed E-state index contributed by atoms with van der Waals surface area (Å²) in [5, 5.41) is 3.44. The average Bonchev–Trinajstić information content (AvgIpc) is 3.34. The number of amides is 1. The van der Waals surface area contributed by atoms with Crippen molar-refractivity contribution in [1.29, 1.82) is 0 Å². The molecular weight excluding hydrogens is 396 g/mol. The van der Waals surface area contributed by atoms with Gasteiger partial charge in [0.15, 0.2) is 5.82 Å². The van der Waals surface area contributed by atoms with E-state index in [9.17, 15) is 4.79 Å². The highest BCUT2D eigenvalue weighted by molar-refractivity contribution is 7.15. The maximum atomic E-state index is 15.2. The van der Waals surface area contributed by atoms with Gasteiger partial charge < -0.3 is 20.9 Å². The van der Waals surface area contributed by atoms with Crippen LogP contribution >= 0.6 is 11.3 Å². The van der Waals surface area contributed by atoms with E-state index < -0.39 is 11.6 Å². The van der Waals surface area contributed by atoms with Gasteiger partial charge >= 0.3 is 0 Å². The highest BCUT2D eigenvalue weighted by Gasteiger charge is 2.28. The number of nitrogens with two attached hydrogens (primary N) is 1. The summed E-state index contributed by atoms with van der Waals surface area (Å²) >= 11 is 1.12. The maximum Gasteiger partial charge on any atom is 0.273 e. The number of piperazine rings is 1. The summed E-state index contributed by atoms with van der Waals surface area (Å²) in [7, 11) is 0. The number of carbonyl (C=O) groups excluding carboxylic acids is 1. The Kier molecular flexibility index (Phi) is 5.44.